The van der Waals surface area contributed by atoms with E-state index in [0.29, 0.717) is 30.5 Å². The number of nitrogens with zero attached hydrogens (tertiary/aromatic N) is 5. The van der Waals surface area contributed by atoms with Crippen LogP contribution in [0.4, 0.5) is 0 Å². The molecule has 128 valence electrons. The molecule has 0 spiro atoms. The Morgan fingerprint density at radius 2 is 2.04 bits per heavy atom. The van der Waals surface area contributed by atoms with Crippen LogP contribution in [0.5, 0.6) is 0 Å². The molecule has 7 nitrogen and oxygen atoms in total. The molecular formula is C18H19N5O2. The SMILES string of the molecule is Cc1noc(-c2nn(C)c3c2CN(C(=O)c2ccccc2C)CC3)n1. The van der Waals surface area contributed by atoms with Crippen LogP contribution in [0.25, 0.3) is 11.6 Å². The lowest BCUT2D eigenvalue weighted by atomic mass is 10.0. The Labute approximate surface area is 145 Å². The Hall–Kier alpha value is -2.96. The van der Waals surface area contributed by atoms with E-state index in [4.69, 9.17) is 4.52 Å². The molecule has 2 aromatic heterocycles. The van der Waals surface area contributed by atoms with Crippen molar-refractivity contribution in [3.63, 3.8) is 0 Å². The highest BCUT2D eigenvalue weighted by Gasteiger charge is 2.30. The number of hydrogen-bond donors (Lipinski definition) is 0. The largest absolute Gasteiger partial charge is 0.334 e. The van der Waals surface area contributed by atoms with Crippen LogP contribution in [-0.2, 0) is 20.0 Å². The van der Waals surface area contributed by atoms with Crippen LogP contribution in [0, 0.1) is 13.8 Å². The first-order valence-electron chi connectivity index (χ1n) is 8.25. The van der Waals surface area contributed by atoms with Crippen molar-refractivity contribution in [1.82, 2.24) is 24.8 Å². The lowest BCUT2D eigenvalue weighted by Gasteiger charge is -2.28. The first kappa shape index (κ1) is 15.6. The quantitative estimate of drug-likeness (QED) is 0.717. The molecule has 3 heterocycles. The fourth-order valence-electron chi connectivity index (χ4n) is 3.31. The lowest BCUT2D eigenvalue weighted by Crippen LogP contribution is -2.36. The number of hydrogen-bond acceptors (Lipinski definition) is 5. The molecule has 0 aliphatic carbocycles. The summed E-state index contributed by atoms with van der Waals surface area (Å²) in [4.78, 5) is 19.1. The molecule has 7 heteroatoms. The first-order chi connectivity index (χ1) is 12.0. The Morgan fingerprint density at radius 1 is 1.24 bits per heavy atom. The molecule has 0 atom stereocenters. The number of carbonyl (C=O) groups is 1. The monoisotopic (exact) mass is 337 g/mol. The van der Waals surface area contributed by atoms with Crippen LogP contribution < -0.4 is 0 Å². The fourth-order valence-corrected chi connectivity index (χ4v) is 3.31. The van der Waals surface area contributed by atoms with Gasteiger partial charge in [0.1, 0.15) is 0 Å². The van der Waals surface area contributed by atoms with E-state index < -0.39 is 0 Å². The maximum atomic E-state index is 12.9. The molecular weight excluding hydrogens is 318 g/mol. The average Bonchev–Trinajstić information content (AvgIpc) is 3.18. The molecule has 0 radical (unpaired) electrons. The zero-order chi connectivity index (χ0) is 17.6. The molecule has 0 bridgehead atoms. The Bertz CT molecular complexity index is 956. The van der Waals surface area contributed by atoms with Gasteiger partial charge < -0.3 is 9.42 Å². The molecule has 0 saturated carbocycles. The Morgan fingerprint density at radius 3 is 2.76 bits per heavy atom. The van der Waals surface area contributed by atoms with Gasteiger partial charge in [-0.3, -0.25) is 9.48 Å². The molecule has 1 aliphatic heterocycles. The van der Waals surface area contributed by atoms with Crippen molar-refractivity contribution in [3.05, 3.63) is 52.5 Å². The first-order valence-corrected chi connectivity index (χ1v) is 8.25. The van der Waals surface area contributed by atoms with Gasteiger partial charge >= 0.3 is 0 Å². The number of aromatic nitrogens is 4. The fraction of sp³-hybridized carbons (Fsp3) is 0.333. The maximum absolute atomic E-state index is 12.9. The van der Waals surface area contributed by atoms with E-state index in [0.717, 1.165) is 28.8 Å². The summed E-state index contributed by atoms with van der Waals surface area (Å²) in [5.41, 5.74) is 4.49. The molecule has 4 rings (SSSR count). The molecule has 0 unspecified atom stereocenters. The topological polar surface area (TPSA) is 77.0 Å². The van der Waals surface area contributed by atoms with Crippen molar-refractivity contribution < 1.29 is 9.32 Å². The predicted molar refractivity (Wildman–Crippen MR) is 90.9 cm³/mol. The third kappa shape index (κ3) is 2.61. The minimum Gasteiger partial charge on any atom is -0.334 e. The summed E-state index contributed by atoms with van der Waals surface area (Å²) >= 11 is 0. The third-order valence-corrected chi connectivity index (χ3v) is 4.64. The summed E-state index contributed by atoms with van der Waals surface area (Å²) in [5, 5.41) is 8.39. The minimum atomic E-state index is 0.0419. The molecule has 1 amide bonds. The van der Waals surface area contributed by atoms with Gasteiger partial charge in [0.2, 0.25) is 0 Å². The van der Waals surface area contributed by atoms with Gasteiger partial charge in [0.25, 0.3) is 11.8 Å². The summed E-state index contributed by atoms with van der Waals surface area (Å²) in [6.45, 7) is 4.89. The van der Waals surface area contributed by atoms with Gasteiger partial charge in [-0.25, -0.2) is 0 Å². The maximum Gasteiger partial charge on any atom is 0.278 e. The van der Waals surface area contributed by atoms with Crippen LogP contribution in [0.2, 0.25) is 0 Å². The third-order valence-electron chi connectivity index (χ3n) is 4.64. The lowest BCUT2D eigenvalue weighted by molar-refractivity contribution is 0.0733. The normalized spacial score (nSPS) is 13.8. The Kier molecular flexibility index (Phi) is 3.63. The van der Waals surface area contributed by atoms with E-state index in [1.165, 1.54) is 0 Å². The van der Waals surface area contributed by atoms with Gasteiger partial charge in [-0.15, -0.1) is 0 Å². The highest BCUT2D eigenvalue weighted by Crippen LogP contribution is 2.29. The molecule has 1 aliphatic rings. The van der Waals surface area contributed by atoms with E-state index in [1.807, 2.05) is 47.8 Å². The average molecular weight is 337 g/mol. The highest BCUT2D eigenvalue weighted by atomic mass is 16.5. The molecule has 3 aromatic rings. The molecule has 0 saturated heterocycles. The number of carbonyl (C=O) groups excluding carboxylic acids is 1. The zero-order valence-corrected chi connectivity index (χ0v) is 14.5. The van der Waals surface area contributed by atoms with E-state index in [9.17, 15) is 4.79 Å². The number of benzene rings is 1. The van der Waals surface area contributed by atoms with Crippen molar-refractivity contribution in [2.45, 2.75) is 26.8 Å². The number of rotatable bonds is 2. The standard InChI is InChI=1S/C18H19N5O2/c1-11-6-4-5-7-13(11)18(24)23-9-8-15-14(10-23)16(20-22(15)3)17-19-12(2)21-25-17/h4-7H,8-10H2,1-3H3. The summed E-state index contributed by atoms with van der Waals surface area (Å²) in [6, 6.07) is 7.67. The van der Waals surface area contributed by atoms with E-state index in [-0.39, 0.29) is 5.91 Å². The van der Waals surface area contributed by atoms with Crippen LogP contribution in [0.15, 0.2) is 28.8 Å². The van der Waals surface area contributed by atoms with Crippen molar-refractivity contribution in [2.24, 2.45) is 7.05 Å². The minimum absolute atomic E-state index is 0.0419. The summed E-state index contributed by atoms with van der Waals surface area (Å²) < 4.78 is 7.14. The second-order valence-electron chi connectivity index (χ2n) is 6.34. The van der Waals surface area contributed by atoms with Gasteiger partial charge in [0.15, 0.2) is 11.5 Å². The smallest absolute Gasteiger partial charge is 0.278 e. The van der Waals surface area contributed by atoms with E-state index >= 15 is 0 Å². The van der Waals surface area contributed by atoms with E-state index in [2.05, 4.69) is 15.2 Å². The van der Waals surface area contributed by atoms with Gasteiger partial charge in [-0.05, 0) is 25.5 Å². The van der Waals surface area contributed by atoms with Crippen LogP contribution in [0.3, 0.4) is 0 Å². The second kappa shape index (κ2) is 5.84. The van der Waals surface area contributed by atoms with Crippen molar-refractivity contribution in [1.29, 1.82) is 0 Å². The van der Waals surface area contributed by atoms with Crippen molar-refractivity contribution in [3.8, 4) is 11.6 Å². The van der Waals surface area contributed by atoms with Crippen LogP contribution >= 0.6 is 0 Å². The van der Waals surface area contributed by atoms with Crippen LogP contribution in [-0.4, -0.2) is 37.3 Å². The number of fused-ring (bicyclic) bond motifs is 1. The number of amides is 1. The Balaban J connectivity index is 1.69. The second-order valence-corrected chi connectivity index (χ2v) is 6.34. The van der Waals surface area contributed by atoms with Gasteiger partial charge in [0.05, 0.1) is 6.54 Å². The summed E-state index contributed by atoms with van der Waals surface area (Å²) in [5.74, 6) is 1.01. The molecule has 1 aromatic carbocycles. The molecule has 25 heavy (non-hydrogen) atoms. The van der Waals surface area contributed by atoms with Crippen molar-refractivity contribution >= 4 is 5.91 Å². The van der Waals surface area contributed by atoms with Gasteiger partial charge in [-0.1, -0.05) is 23.4 Å². The summed E-state index contributed by atoms with van der Waals surface area (Å²) in [6.07, 6.45) is 0.754. The highest BCUT2D eigenvalue weighted by molar-refractivity contribution is 5.95. The van der Waals surface area contributed by atoms with Crippen LogP contribution in [0.1, 0.15) is 33.0 Å². The number of aryl methyl sites for hydroxylation is 3. The summed E-state index contributed by atoms with van der Waals surface area (Å²) in [7, 11) is 1.91. The van der Waals surface area contributed by atoms with Crippen molar-refractivity contribution in [2.75, 3.05) is 6.54 Å². The van der Waals surface area contributed by atoms with Gasteiger partial charge in [-0.2, -0.15) is 10.1 Å². The predicted octanol–water partition coefficient (Wildman–Crippen LogP) is 2.29. The van der Waals surface area contributed by atoms with E-state index in [1.54, 1.807) is 6.92 Å². The van der Waals surface area contributed by atoms with Gasteiger partial charge in [0, 0.05) is 36.8 Å². The molecule has 0 N–H and O–H groups in total. The zero-order valence-electron chi connectivity index (χ0n) is 14.5. The molecule has 0 fully saturated rings.